The Hall–Kier alpha value is -1.84. The molecule has 0 aromatic carbocycles. The van der Waals surface area contributed by atoms with E-state index in [2.05, 4.69) is 15.1 Å². The molecule has 3 rings (SSSR count). The number of aryl methyl sites for hydroxylation is 2. The molecule has 24 heavy (non-hydrogen) atoms. The summed E-state index contributed by atoms with van der Waals surface area (Å²) >= 11 is 0. The van der Waals surface area contributed by atoms with Crippen molar-refractivity contribution >= 4 is 10.2 Å². The molecule has 1 atom stereocenters. The molecule has 0 amide bonds. The van der Waals surface area contributed by atoms with E-state index in [0.717, 1.165) is 24.1 Å². The van der Waals surface area contributed by atoms with Crippen molar-refractivity contribution < 1.29 is 12.9 Å². The van der Waals surface area contributed by atoms with Gasteiger partial charge in [-0.3, -0.25) is 4.98 Å². The first kappa shape index (κ1) is 17.0. The van der Waals surface area contributed by atoms with E-state index in [1.54, 1.807) is 12.4 Å². The van der Waals surface area contributed by atoms with Gasteiger partial charge >= 0.3 is 0 Å². The smallest absolute Gasteiger partial charge is 0.282 e. The van der Waals surface area contributed by atoms with Crippen LogP contribution in [0.2, 0.25) is 0 Å². The minimum atomic E-state index is -3.49. The van der Waals surface area contributed by atoms with Gasteiger partial charge in [0.05, 0.1) is 41.1 Å². The lowest BCUT2D eigenvalue weighted by Gasteiger charge is -2.26. The quantitative estimate of drug-likeness (QED) is 0.832. The number of rotatable bonds is 4. The molecule has 2 aromatic heterocycles. The molecule has 9 heteroatoms. The Labute approximate surface area is 141 Å². The van der Waals surface area contributed by atoms with E-state index in [-0.39, 0.29) is 6.04 Å². The zero-order valence-corrected chi connectivity index (χ0v) is 15.0. The Balaban J connectivity index is 2.00. The predicted molar refractivity (Wildman–Crippen MR) is 88.3 cm³/mol. The molecule has 0 bridgehead atoms. The molecular formula is C15H21N5O3S. The van der Waals surface area contributed by atoms with Gasteiger partial charge in [0.2, 0.25) is 0 Å². The fourth-order valence-electron chi connectivity index (χ4n) is 3.03. The van der Waals surface area contributed by atoms with Crippen LogP contribution in [-0.4, -0.2) is 52.8 Å². The Kier molecular flexibility index (Phi) is 4.41. The topological polar surface area (TPSA) is 92.4 Å². The lowest BCUT2D eigenvalue weighted by molar-refractivity contribution is 0.357. The van der Waals surface area contributed by atoms with Crippen LogP contribution < -0.4 is 0 Å². The van der Waals surface area contributed by atoms with Gasteiger partial charge in [0, 0.05) is 20.6 Å². The molecule has 2 aromatic rings. The zero-order chi connectivity index (χ0) is 17.5. The van der Waals surface area contributed by atoms with Crippen LogP contribution in [0.4, 0.5) is 0 Å². The molecule has 1 saturated heterocycles. The summed E-state index contributed by atoms with van der Waals surface area (Å²) in [6, 6.07) is -0.301. The summed E-state index contributed by atoms with van der Waals surface area (Å²) in [6.45, 7) is 4.16. The average Bonchev–Trinajstić information content (AvgIpc) is 3.15. The van der Waals surface area contributed by atoms with Gasteiger partial charge in [0.25, 0.3) is 10.2 Å². The van der Waals surface area contributed by atoms with Crippen molar-refractivity contribution in [3.63, 3.8) is 0 Å². The van der Waals surface area contributed by atoms with Crippen LogP contribution in [0.1, 0.15) is 36.0 Å². The average molecular weight is 351 g/mol. The summed E-state index contributed by atoms with van der Waals surface area (Å²) in [7, 11) is -0.412. The van der Waals surface area contributed by atoms with Gasteiger partial charge in [-0.25, -0.2) is 4.98 Å². The number of hydrogen-bond donors (Lipinski definition) is 0. The molecule has 1 aliphatic heterocycles. The lowest BCUT2D eigenvalue weighted by Crippen LogP contribution is -2.39. The van der Waals surface area contributed by atoms with Crippen molar-refractivity contribution in [1.29, 1.82) is 0 Å². The van der Waals surface area contributed by atoms with Gasteiger partial charge < -0.3 is 4.52 Å². The van der Waals surface area contributed by atoms with Crippen molar-refractivity contribution in [3.8, 4) is 11.3 Å². The third-order valence-electron chi connectivity index (χ3n) is 4.25. The van der Waals surface area contributed by atoms with E-state index in [0.29, 0.717) is 23.7 Å². The van der Waals surface area contributed by atoms with Crippen molar-refractivity contribution in [2.24, 2.45) is 0 Å². The molecule has 0 aliphatic carbocycles. The van der Waals surface area contributed by atoms with Gasteiger partial charge in [-0.15, -0.1) is 0 Å². The highest BCUT2D eigenvalue weighted by Gasteiger charge is 2.37. The van der Waals surface area contributed by atoms with Gasteiger partial charge in [-0.1, -0.05) is 5.16 Å². The van der Waals surface area contributed by atoms with E-state index >= 15 is 0 Å². The van der Waals surface area contributed by atoms with E-state index in [9.17, 15) is 8.42 Å². The number of hydrogen-bond acceptors (Lipinski definition) is 6. The molecule has 130 valence electrons. The van der Waals surface area contributed by atoms with Gasteiger partial charge in [0.1, 0.15) is 5.76 Å². The summed E-state index contributed by atoms with van der Waals surface area (Å²) in [5.74, 6) is 0.670. The van der Waals surface area contributed by atoms with Crippen LogP contribution in [0, 0.1) is 13.8 Å². The van der Waals surface area contributed by atoms with Crippen molar-refractivity contribution in [3.05, 3.63) is 29.5 Å². The van der Waals surface area contributed by atoms with E-state index in [1.807, 2.05) is 13.8 Å². The van der Waals surface area contributed by atoms with E-state index in [1.165, 1.54) is 22.7 Å². The SMILES string of the molecule is Cc1noc(C)c1-c1cncc([C@@H]2CCCN2S(=O)(=O)N(C)C)n1. The first-order chi connectivity index (χ1) is 11.3. The zero-order valence-electron chi connectivity index (χ0n) is 14.2. The van der Waals surface area contributed by atoms with Crippen molar-refractivity contribution in [2.45, 2.75) is 32.7 Å². The first-order valence-corrected chi connectivity index (χ1v) is 9.16. The summed E-state index contributed by atoms with van der Waals surface area (Å²) < 4.78 is 33.0. The minimum absolute atomic E-state index is 0.301. The predicted octanol–water partition coefficient (Wildman–Crippen LogP) is 1.69. The second-order valence-electron chi connectivity index (χ2n) is 6.09. The Bertz CT molecular complexity index is 827. The maximum atomic E-state index is 12.5. The van der Waals surface area contributed by atoms with Gasteiger partial charge in [-0.2, -0.15) is 17.0 Å². The largest absolute Gasteiger partial charge is 0.361 e. The minimum Gasteiger partial charge on any atom is -0.361 e. The second-order valence-corrected chi connectivity index (χ2v) is 8.18. The molecule has 0 radical (unpaired) electrons. The molecule has 0 saturated carbocycles. The highest BCUT2D eigenvalue weighted by Crippen LogP contribution is 2.35. The highest BCUT2D eigenvalue weighted by atomic mass is 32.2. The molecule has 1 aliphatic rings. The molecule has 3 heterocycles. The fraction of sp³-hybridized carbons (Fsp3) is 0.533. The van der Waals surface area contributed by atoms with Gasteiger partial charge in [0.15, 0.2) is 0 Å². The van der Waals surface area contributed by atoms with Crippen LogP contribution in [0.3, 0.4) is 0 Å². The van der Waals surface area contributed by atoms with Crippen molar-refractivity contribution in [2.75, 3.05) is 20.6 Å². The molecule has 0 spiro atoms. The molecule has 0 N–H and O–H groups in total. The Morgan fingerprint density at radius 1 is 1.29 bits per heavy atom. The lowest BCUT2D eigenvalue weighted by atomic mass is 10.1. The summed E-state index contributed by atoms with van der Waals surface area (Å²) in [6.07, 6.45) is 4.81. The number of nitrogens with zero attached hydrogens (tertiary/aromatic N) is 5. The van der Waals surface area contributed by atoms with Crippen LogP contribution in [0.15, 0.2) is 16.9 Å². The van der Waals surface area contributed by atoms with E-state index in [4.69, 9.17) is 4.52 Å². The summed E-state index contributed by atoms with van der Waals surface area (Å²) in [5.41, 5.74) is 2.85. The molecule has 0 unspecified atom stereocenters. The van der Waals surface area contributed by atoms with Gasteiger partial charge in [-0.05, 0) is 26.7 Å². The van der Waals surface area contributed by atoms with Crippen LogP contribution >= 0.6 is 0 Å². The normalized spacial score (nSPS) is 19.3. The maximum Gasteiger partial charge on any atom is 0.282 e. The summed E-state index contributed by atoms with van der Waals surface area (Å²) in [4.78, 5) is 8.92. The highest BCUT2D eigenvalue weighted by molar-refractivity contribution is 7.86. The van der Waals surface area contributed by atoms with Crippen LogP contribution in [0.25, 0.3) is 11.3 Å². The maximum absolute atomic E-state index is 12.5. The molecule has 8 nitrogen and oxygen atoms in total. The number of aromatic nitrogens is 3. The third kappa shape index (κ3) is 2.83. The Morgan fingerprint density at radius 2 is 2.04 bits per heavy atom. The Morgan fingerprint density at radius 3 is 2.67 bits per heavy atom. The van der Waals surface area contributed by atoms with E-state index < -0.39 is 10.2 Å². The first-order valence-electron chi connectivity index (χ1n) is 7.77. The summed E-state index contributed by atoms with van der Waals surface area (Å²) in [5, 5.41) is 3.94. The fourth-order valence-corrected chi connectivity index (χ4v) is 4.35. The van der Waals surface area contributed by atoms with Crippen LogP contribution in [-0.2, 0) is 10.2 Å². The monoisotopic (exact) mass is 351 g/mol. The molecular weight excluding hydrogens is 330 g/mol. The second kappa shape index (κ2) is 6.23. The third-order valence-corrected chi connectivity index (χ3v) is 6.20. The van der Waals surface area contributed by atoms with Crippen molar-refractivity contribution in [1.82, 2.24) is 23.7 Å². The molecule has 1 fully saturated rings. The standard InChI is InChI=1S/C15H21N5O3S/c1-10-15(11(2)23-18-10)13-9-16-8-12(17-13)14-6-5-7-20(14)24(21,22)19(3)4/h8-9,14H,5-7H2,1-4H3/t14-/m0/s1. The van der Waals surface area contributed by atoms with Crippen LogP contribution in [0.5, 0.6) is 0 Å².